The lowest BCUT2D eigenvalue weighted by atomic mass is 9.70. The molecule has 1 unspecified atom stereocenters. The van der Waals surface area contributed by atoms with Crippen LogP contribution in [0.5, 0.6) is 0 Å². The lowest BCUT2D eigenvalue weighted by Gasteiger charge is -2.37. The molecule has 1 nitrogen and oxygen atoms in total. The summed E-state index contributed by atoms with van der Waals surface area (Å²) >= 11 is 0. The predicted molar refractivity (Wildman–Crippen MR) is 99.1 cm³/mol. The van der Waals surface area contributed by atoms with Crippen molar-refractivity contribution in [3.05, 3.63) is 70.8 Å². The molecule has 1 aliphatic heterocycles. The van der Waals surface area contributed by atoms with E-state index in [0.29, 0.717) is 6.04 Å². The van der Waals surface area contributed by atoms with E-state index in [0.717, 1.165) is 19.4 Å². The fourth-order valence-corrected chi connectivity index (χ4v) is 3.92. The van der Waals surface area contributed by atoms with E-state index in [1.54, 1.807) is 0 Å². The van der Waals surface area contributed by atoms with Crippen molar-refractivity contribution in [3.8, 4) is 0 Å². The summed E-state index contributed by atoms with van der Waals surface area (Å²) in [5.41, 5.74) is 5.72. The minimum Gasteiger partial charge on any atom is -0.313 e. The summed E-state index contributed by atoms with van der Waals surface area (Å²) in [4.78, 5) is 0. The third-order valence-electron chi connectivity index (χ3n) is 5.68. The van der Waals surface area contributed by atoms with Gasteiger partial charge in [0.2, 0.25) is 0 Å². The van der Waals surface area contributed by atoms with Crippen molar-refractivity contribution in [2.45, 2.75) is 57.9 Å². The van der Waals surface area contributed by atoms with Gasteiger partial charge < -0.3 is 5.32 Å². The zero-order valence-corrected chi connectivity index (χ0v) is 14.7. The van der Waals surface area contributed by atoms with Gasteiger partial charge in [0.15, 0.2) is 0 Å². The Labute approximate surface area is 141 Å². The first-order valence-electron chi connectivity index (χ1n) is 9.10. The van der Waals surface area contributed by atoms with E-state index in [-0.39, 0.29) is 5.41 Å². The Morgan fingerprint density at radius 2 is 1.35 bits per heavy atom. The second-order valence-electron chi connectivity index (χ2n) is 6.95. The van der Waals surface area contributed by atoms with Crippen molar-refractivity contribution in [2.75, 3.05) is 6.54 Å². The Kier molecular flexibility index (Phi) is 4.87. The highest BCUT2D eigenvalue weighted by Gasteiger charge is 2.38. The van der Waals surface area contributed by atoms with Crippen molar-refractivity contribution >= 4 is 0 Å². The molecule has 1 aliphatic rings. The van der Waals surface area contributed by atoms with Crippen LogP contribution >= 0.6 is 0 Å². The van der Waals surface area contributed by atoms with Crippen molar-refractivity contribution < 1.29 is 0 Å². The van der Waals surface area contributed by atoms with Crippen molar-refractivity contribution in [1.29, 1.82) is 0 Å². The van der Waals surface area contributed by atoms with Gasteiger partial charge in [0.1, 0.15) is 0 Å². The molecule has 1 heterocycles. The van der Waals surface area contributed by atoms with Crippen LogP contribution in [0.4, 0.5) is 0 Å². The van der Waals surface area contributed by atoms with Gasteiger partial charge in [0.05, 0.1) is 0 Å². The molecule has 1 saturated heterocycles. The Bertz CT molecular complexity index is 571. The molecule has 0 saturated carbocycles. The van der Waals surface area contributed by atoms with Crippen LogP contribution < -0.4 is 5.32 Å². The predicted octanol–water partition coefficient (Wildman–Crippen LogP) is 4.87. The maximum absolute atomic E-state index is 3.75. The molecule has 2 aromatic carbocycles. The molecule has 1 atom stereocenters. The monoisotopic (exact) mass is 307 g/mol. The van der Waals surface area contributed by atoms with Gasteiger partial charge >= 0.3 is 0 Å². The van der Waals surface area contributed by atoms with Crippen LogP contribution in [0.15, 0.2) is 48.5 Å². The van der Waals surface area contributed by atoms with E-state index in [1.165, 1.54) is 35.1 Å². The van der Waals surface area contributed by atoms with Crippen molar-refractivity contribution in [2.24, 2.45) is 0 Å². The smallest absolute Gasteiger partial charge is 0.0327 e. The van der Waals surface area contributed by atoms with Crippen molar-refractivity contribution in [3.63, 3.8) is 0 Å². The van der Waals surface area contributed by atoms with Gasteiger partial charge in [-0.15, -0.1) is 0 Å². The van der Waals surface area contributed by atoms with Gasteiger partial charge in [-0.25, -0.2) is 0 Å². The first-order chi connectivity index (χ1) is 11.2. The maximum atomic E-state index is 3.75. The maximum Gasteiger partial charge on any atom is 0.0327 e. The number of aryl methyl sites for hydroxylation is 2. The second kappa shape index (κ2) is 6.88. The van der Waals surface area contributed by atoms with Gasteiger partial charge in [-0.3, -0.25) is 0 Å². The molecule has 0 amide bonds. The molecule has 2 aromatic rings. The highest BCUT2D eigenvalue weighted by atomic mass is 15.0. The summed E-state index contributed by atoms with van der Waals surface area (Å²) in [5.74, 6) is 0. The fraction of sp³-hybridized carbons (Fsp3) is 0.455. The van der Waals surface area contributed by atoms with E-state index < -0.39 is 0 Å². The van der Waals surface area contributed by atoms with Crippen LogP contribution in [-0.4, -0.2) is 12.6 Å². The van der Waals surface area contributed by atoms with E-state index in [9.17, 15) is 0 Å². The number of nitrogens with one attached hydrogen (secondary N) is 1. The third kappa shape index (κ3) is 3.07. The molecule has 0 aliphatic carbocycles. The summed E-state index contributed by atoms with van der Waals surface area (Å²) < 4.78 is 0. The van der Waals surface area contributed by atoms with E-state index in [2.05, 4.69) is 74.6 Å². The number of benzene rings is 2. The van der Waals surface area contributed by atoms with Gasteiger partial charge in [0.25, 0.3) is 0 Å². The Morgan fingerprint density at radius 3 is 1.70 bits per heavy atom. The van der Waals surface area contributed by atoms with Crippen LogP contribution in [0, 0.1) is 0 Å². The van der Waals surface area contributed by atoms with Crippen LogP contribution in [0.2, 0.25) is 0 Å². The summed E-state index contributed by atoms with van der Waals surface area (Å²) in [6.07, 6.45) is 4.73. The van der Waals surface area contributed by atoms with Gasteiger partial charge in [-0.1, -0.05) is 62.4 Å². The quantitative estimate of drug-likeness (QED) is 0.831. The SMILES string of the molecule is CCc1ccc(C(C)(c2ccc(CC)cc2)C2CCCN2)cc1. The molecule has 1 fully saturated rings. The van der Waals surface area contributed by atoms with Gasteiger partial charge in [0, 0.05) is 11.5 Å². The molecule has 0 aromatic heterocycles. The average Bonchev–Trinajstić information content (AvgIpc) is 3.16. The highest BCUT2D eigenvalue weighted by molar-refractivity contribution is 5.43. The number of hydrogen-bond acceptors (Lipinski definition) is 1. The summed E-state index contributed by atoms with van der Waals surface area (Å²) in [5, 5.41) is 3.75. The lowest BCUT2D eigenvalue weighted by Crippen LogP contribution is -2.44. The van der Waals surface area contributed by atoms with Crippen LogP contribution in [0.25, 0.3) is 0 Å². The largest absolute Gasteiger partial charge is 0.313 e. The molecule has 122 valence electrons. The molecule has 23 heavy (non-hydrogen) atoms. The summed E-state index contributed by atoms with van der Waals surface area (Å²) in [7, 11) is 0. The first-order valence-corrected chi connectivity index (χ1v) is 9.10. The first kappa shape index (κ1) is 16.3. The van der Waals surface area contributed by atoms with Crippen LogP contribution in [0.3, 0.4) is 0 Å². The fourth-order valence-electron chi connectivity index (χ4n) is 3.92. The minimum absolute atomic E-state index is 0.0367. The van der Waals surface area contributed by atoms with Gasteiger partial charge in [-0.05, 0) is 61.4 Å². The van der Waals surface area contributed by atoms with Gasteiger partial charge in [-0.2, -0.15) is 0 Å². The molecule has 1 N–H and O–H groups in total. The molecule has 0 spiro atoms. The Hall–Kier alpha value is -1.60. The second-order valence-corrected chi connectivity index (χ2v) is 6.95. The number of rotatable bonds is 5. The molecule has 3 rings (SSSR count). The standard InChI is InChI=1S/C22H29N/c1-4-17-8-12-19(13-9-17)22(3,21-7-6-16-23-21)20-14-10-18(5-2)11-15-20/h8-15,21,23H,4-7,16H2,1-3H3. The minimum atomic E-state index is 0.0367. The van der Waals surface area contributed by atoms with E-state index in [4.69, 9.17) is 0 Å². The molecular formula is C22H29N. The van der Waals surface area contributed by atoms with E-state index in [1.807, 2.05) is 0 Å². The third-order valence-corrected chi connectivity index (χ3v) is 5.68. The topological polar surface area (TPSA) is 12.0 Å². The van der Waals surface area contributed by atoms with E-state index >= 15 is 0 Å². The Morgan fingerprint density at radius 1 is 0.870 bits per heavy atom. The zero-order valence-electron chi connectivity index (χ0n) is 14.7. The summed E-state index contributed by atoms with van der Waals surface area (Å²) in [6.45, 7) is 7.99. The van der Waals surface area contributed by atoms with Crippen LogP contribution in [0.1, 0.15) is 55.9 Å². The Balaban J connectivity index is 2.04. The lowest BCUT2D eigenvalue weighted by molar-refractivity contribution is 0.407. The van der Waals surface area contributed by atoms with Crippen molar-refractivity contribution in [1.82, 2.24) is 5.32 Å². The zero-order chi connectivity index (χ0) is 16.3. The normalized spacial score (nSPS) is 18.3. The molecular weight excluding hydrogens is 278 g/mol. The summed E-state index contributed by atoms with van der Waals surface area (Å²) in [6, 6.07) is 19.1. The number of hydrogen-bond donors (Lipinski definition) is 1. The van der Waals surface area contributed by atoms with Crippen LogP contribution in [-0.2, 0) is 18.3 Å². The average molecular weight is 307 g/mol. The molecule has 1 heteroatoms. The highest BCUT2D eigenvalue weighted by Crippen LogP contribution is 2.39. The molecule has 0 radical (unpaired) electrons. The molecule has 0 bridgehead atoms.